The molecule has 0 aliphatic carbocycles. The number of benzene rings is 7. The van der Waals surface area contributed by atoms with E-state index in [1.165, 1.54) is 0 Å². The number of fused-ring (bicyclic) bond motifs is 1. The van der Waals surface area contributed by atoms with Crippen molar-refractivity contribution in [1.82, 2.24) is 14.5 Å². The largest absolute Gasteiger partial charge is 0.507 e. The summed E-state index contributed by atoms with van der Waals surface area (Å²) in [7, 11) is 0. The van der Waals surface area contributed by atoms with Crippen molar-refractivity contribution >= 4 is 11.0 Å². The predicted octanol–water partition coefficient (Wildman–Crippen LogP) is 15.0. The van der Waals surface area contributed by atoms with Crippen LogP contribution in [0, 0.1) is 13.7 Å². The molecule has 60 heavy (non-hydrogen) atoms. The molecule has 294 valence electrons. The maximum absolute atomic E-state index is 11.4. The fourth-order valence-corrected chi connectivity index (χ4v) is 7.86. The number of phenols is 1. The molecule has 9 aromatic rings. The maximum atomic E-state index is 11.4. The fourth-order valence-electron chi connectivity index (χ4n) is 7.86. The molecule has 4 heteroatoms. The zero-order valence-corrected chi connectivity index (χ0v) is 34.0. The molecule has 7 aromatic carbocycles. The second-order valence-electron chi connectivity index (χ2n) is 15.7. The number of para-hydroxylation sites is 2. The predicted molar refractivity (Wildman–Crippen MR) is 251 cm³/mol. The van der Waals surface area contributed by atoms with E-state index in [9.17, 15) is 5.11 Å². The molecule has 0 saturated carbocycles. The summed E-state index contributed by atoms with van der Waals surface area (Å²) in [5.74, 6) is -1.62. The highest BCUT2D eigenvalue weighted by molar-refractivity contribution is 5.98. The Labute approximate surface area is 364 Å². The van der Waals surface area contributed by atoms with Gasteiger partial charge in [-0.25, -0.2) is 4.98 Å². The molecule has 0 unspecified atom stereocenters. The number of hydrogen-bond donors (Lipinski definition) is 1. The Morgan fingerprint density at radius 1 is 0.533 bits per heavy atom. The van der Waals surface area contributed by atoms with E-state index < -0.39 is 25.5 Å². The van der Waals surface area contributed by atoms with E-state index in [0.717, 1.165) is 38.9 Å². The van der Waals surface area contributed by atoms with Gasteiger partial charge in [-0.05, 0) is 142 Å². The molecule has 0 spiro atoms. The highest BCUT2D eigenvalue weighted by Crippen LogP contribution is 2.41. The Hall–Kier alpha value is -7.04. The molecule has 1 N–H and O–H groups in total. The Bertz CT molecular complexity index is 3310. The first-order valence-electron chi connectivity index (χ1n) is 24.0. The first-order valence-corrected chi connectivity index (χ1v) is 20.0. The summed E-state index contributed by atoms with van der Waals surface area (Å²) in [5.41, 5.74) is 11.8. The first-order chi connectivity index (χ1) is 32.1. The summed E-state index contributed by atoms with van der Waals surface area (Å²) in [4.78, 5) is 10.1. The molecule has 0 amide bonds. The normalized spacial score (nSPS) is 14.3. The lowest BCUT2D eigenvalue weighted by molar-refractivity contribution is 0.477. The van der Waals surface area contributed by atoms with E-state index in [1.807, 2.05) is 102 Å². The molecule has 0 radical (unpaired) electrons. The molecule has 2 aromatic heterocycles. The van der Waals surface area contributed by atoms with Gasteiger partial charge in [-0.15, -0.1) is 0 Å². The molecule has 4 nitrogen and oxygen atoms in total. The third kappa shape index (κ3) is 7.42. The van der Waals surface area contributed by atoms with Gasteiger partial charge >= 0.3 is 0 Å². The van der Waals surface area contributed by atoms with Crippen molar-refractivity contribution < 1.29 is 16.1 Å². The van der Waals surface area contributed by atoms with E-state index in [1.54, 1.807) is 82.4 Å². The van der Waals surface area contributed by atoms with Crippen LogP contribution in [0.1, 0.15) is 72.7 Å². The topological polar surface area (TPSA) is 50.9 Å². The number of nitrogens with zero attached hydrogens (tertiary/aromatic N) is 3. The molecule has 0 aliphatic rings. The highest BCUT2D eigenvalue weighted by Gasteiger charge is 2.22. The van der Waals surface area contributed by atoms with Gasteiger partial charge in [0.1, 0.15) is 11.6 Å². The Morgan fingerprint density at radius 3 is 1.92 bits per heavy atom. The van der Waals surface area contributed by atoms with E-state index in [2.05, 4.69) is 18.2 Å². The molecule has 0 fully saturated rings. The minimum atomic E-state index is -2.60. The SMILES string of the molecule is [2H]C([2H])([2H])c1ccc(-c2ccnc(-c3cc(-c4ccccc4)cc(-c4cccc5c4nc(-c4ccccc4O)n5-c4ccc(-c5cc(C([2H])(C)C)cc(C([2H])(C)C)c5)cc4C([2H])([2H])[2H])c3)c2)cc1. The van der Waals surface area contributed by atoms with Crippen molar-refractivity contribution in [1.29, 1.82) is 0 Å². The van der Waals surface area contributed by atoms with Crippen LogP contribution in [-0.2, 0) is 0 Å². The van der Waals surface area contributed by atoms with Crippen LogP contribution in [0.2, 0.25) is 0 Å². The van der Waals surface area contributed by atoms with Crippen LogP contribution in [-0.4, -0.2) is 19.6 Å². The fraction of sp³-hybridized carbons (Fsp3) is 0.143. The average molecular weight is 788 g/mol. The standard InChI is InChI=1S/C56H49N3O/c1-35(2)43-28-44(36(3)4)30-46(29-43)41-23-24-52(38(6)27-41)59-53-17-12-16-49(55(53)58-56(59)50-15-10-11-18-54(50)60)47-31-45(39-13-8-7-9-14-39)32-48(33-47)51-34-42(25-26-57-51)40-21-19-37(5)20-22-40/h7-36,60H,1-6H3/i5D3,6D3,35D,36D. The van der Waals surface area contributed by atoms with Crippen molar-refractivity contribution in [2.24, 2.45) is 0 Å². The third-order valence-corrected chi connectivity index (χ3v) is 11.1. The summed E-state index contributed by atoms with van der Waals surface area (Å²) in [6.07, 6.45) is 1.74. The monoisotopic (exact) mass is 787 g/mol. The van der Waals surface area contributed by atoms with Crippen molar-refractivity contribution in [3.8, 4) is 78.6 Å². The van der Waals surface area contributed by atoms with Crippen LogP contribution in [0.3, 0.4) is 0 Å². The summed E-state index contributed by atoms with van der Waals surface area (Å²) in [6, 6.07) is 50.7. The number of phenolic OH excluding ortho intramolecular Hbond substituents is 1. The van der Waals surface area contributed by atoms with Gasteiger partial charge in [-0.2, -0.15) is 0 Å². The van der Waals surface area contributed by atoms with Crippen molar-refractivity contribution in [2.45, 2.75) is 53.2 Å². The van der Waals surface area contributed by atoms with Gasteiger partial charge in [0.15, 0.2) is 0 Å². The summed E-state index contributed by atoms with van der Waals surface area (Å²) < 4.78 is 69.8. The lowest BCUT2D eigenvalue weighted by Gasteiger charge is -2.17. The van der Waals surface area contributed by atoms with Crippen LogP contribution < -0.4 is 0 Å². The molecule has 0 saturated heterocycles. The van der Waals surface area contributed by atoms with Crippen LogP contribution in [0.5, 0.6) is 5.75 Å². The van der Waals surface area contributed by atoms with Crippen molar-refractivity contribution in [2.75, 3.05) is 0 Å². The van der Waals surface area contributed by atoms with Crippen molar-refractivity contribution in [3.63, 3.8) is 0 Å². The molecule has 0 aliphatic heterocycles. The van der Waals surface area contributed by atoms with E-state index in [0.29, 0.717) is 56.1 Å². The first kappa shape index (κ1) is 30.1. The van der Waals surface area contributed by atoms with Crippen LogP contribution >= 0.6 is 0 Å². The number of aromatic hydroxyl groups is 1. The number of pyridine rings is 1. The molecular weight excluding hydrogens is 731 g/mol. The zero-order chi connectivity index (χ0) is 48.3. The highest BCUT2D eigenvalue weighted by atomic mass is 16.3. The van der Waals surface area contributed by atoms with Gasteiger partial charge in [0, 0.05) is 28.3 Å². The third-order valence-electron chi connectivity index (χ3n) is 11.1. The van der Waals surface area contributed by atoms with Crippen LogP contribution in [0.25, 0.3) is 83.9 Å². The quantitative estimate of drug-likeness (QED) is 0.158. The molecular formula is C56H49N3O. The molecule has 0 bridgehead atoms. The van der Waals surface area contributed by atoms with E-state index >= 15 is 0 Å². The number of hydrogen-bond acceptors (Lipinski definition) is 3. The maximum Gasteiger partial charge on any atom is 0.149 e. The second kappa shape index (κ2) is 16.0. The summed E-state index contributed by atoms with van der Waals surface area (Å²) in [6.45, 7) is 2.37. The van der Waals surface area contributed by atoms with Gasteiger partial charge in [0.05, 0.1) is 28.0 Å². The minimum Gasteiger partial charge on any atom is -0.507 e. The van der Waals surface area contributed by atoms with Gasteiger partial charge in [-0.3, -0.25) is 9.55 Å². The Balaban J connectivity index is 1.26. The molecule has 0 atom stereocenters. The average Bonchev–Trinajstić information content (AvgIpc) is 3.70. The van der Waals surface area contributed by atoms with Crippen LogP contribution in [0.15, 0.2) is 170 Å². The Morgan fingerprint density at radius 2 is 1.18 bits per heavy atom. The number of imidazole rings is 1. The lowest BCUT2D eigenvalue weighted by atomic mass is 9.90. The Kier molecular flexibility index (Phi) is 8.00. The van der Waals surface area contributed by atoms with E-state index in [4.69, 9.17) is 20.9 Å². The van der Waals surface area contributed by atoms with Gasteiger partial charge < -0.3 is 5.11 Å². The van der Waals surface area contributed by atoms with Gasteiger partial charge in [-0.1, -0.05) is 136 Å². The lowest BCUT2D eigenvalue weighted by Crippen LogP contribution is -2.01. The van der Waals surface area contributed by atoms with Crippen LogP contribution in [0.4, 0.5) is 0 Å². The second-order valence-corrected chi connectivity index (χ2v) is 15.7. The number of aromatic nitrogens is 3. The summed E-state index contributed by atoms with van der Waals surface area (Å²) >= 11 is 0. The summed E-state index contributed by atoms with van der Waals surface area (Å²) in [5, 5.41) is 11.4. The van der Waals surface area contributed by atoms with E-state index in [-0.39, 0.29) is 16.9 Å². The zero-order valence-electron chi connectivity index (χ0n) is 42.0. The minimum absolute atomic E-state index is 0.0228. The van der Waals surface area contributed by atoms with Gasteiger partial charge in [0.2, 0.25) is 0 Å². The smallest absolute Gasteiger partial charge is 0.149 e. The molecule has 9 rings (SSSR count). The van der Waals surface area contributed by atoms with Gasteiger partial charge in [0.25, 0.3) is 0 Å². The molecule has 2 heterocycles. The number of rotatable bonds is 9. The van der Waals surface area contributed by atoms with Crippen molar-refractivity contribution in [3.05, 3.63) is 192 Å². The number of aryl methyl sites for hydroxylation is 2.